The van der Waals surface area contributed by atoms with Crippen LogP contribution in [0, 0.1) is 5.82 Å². The van der Waals surface area contributed by atoms with E-state index in [0.717, 1.165) is 22.4 Å². The summed E-state index contributed by atoms with van der Waals surface area (Å²) in [6, 6.07) is 14.5. The molecule has 0 aliphatic heterocycles. The van der Waals surface area contributed by atoms with Crippen molar-refractivity contribution in [2.45, 2.75) is 13.1 Å². The number of halogens is 5. The third kappa shape index (κ3) is 5.23. The zero-order valence-corrected chi connectivity index (χ0v) is 15.3. The largest absolute Gasteiger partial charge is 0.324 e. The molecule has 0 atom stereocenters. The molecule has 1 aromatic heterocycles. The van der Waals surface area contributed by atoms with E-state index >= 15 is 0 Å². The number of hydrogen-bond acceptors (Lipinski definition) is 2. The Morgan fingerprint density at radius 2 is 1.65 bits per heavy atom. The Bertz CT molecular complexity index is 734. The first-order valence-electron chi connectivity index (χ1n) is 6.16. The lowest BCUT2D eigenvalue weighted by Gasteiger charge is -2.08. The fourth-order valence-corrected chi connectivity index (χ4v) is 2.28. The van der Waals surface area contributed by atoms with Gasteiger partial charge in [-0.15, -0.1) is 49.6 Å². The summed E-state index contributed by atoms with van der Waals surface area (Å²) in [5, 5.41) is 0. The molecule has 0 amide bonds. The molecular weight excluding hydrogens is 383 g/mol. The molecule has 0 aliphatic carbocycles. The minimum Gasteiger partial charge on any atom is -0.324 e. The molecule has 0 fully saturated rings. The summed E-state index contributed by atoms with van der Waals surface area (Å²) in [5.41, 5.74) is 8.58. The van der Waals surface area contributed by atoms with Crippen molar-refractivity contribution >= 4 is 60.7 Å². The highest BCUT2D eigenvalue weighted by atomic mass is 35.5. The minimum absolute atomic E-state index is 0. The van der Waals surface area contributed by atoms with Crippen LogP contribution in [0.15, 0.2) is 48.5 Å². The Hall–Kier alpha value is -1.04. The van der Waals surface area contributed by atoms with Gasteiger partial charge in [0.15, 0.2) is 0 Å². The van der Waals surface area contributed by atoms with Gasteiger partial charge < -0.3 is 10.3 Å². The summed E-state index contributed by atoms with van der Waals surface area (Å²) in [7, 11) is 0. The van der Waals surface area contributed by atoms with Gasteiger partial charge in [0.1, 0.15) is 11.6 Å². The maximum absolute atomic E-state index is 13.2. The summed E-state index contributed by atoms with van der Waals surface area (Å²) in [6.45, 7) is 0.939. The van der Waals surface area contributed by atoms with Crippen LogP contribution < -0.4 is 5.73 Å². The molecule has 23 heavy (non-hydrogen) atoms. The van der Waals surface area contributed by atoms with Crippen molar-refractivity contribution < 1.29 is 4.39 Å². The van der Waals surface area contributed by atoms with Gasteiger partial charge in [0, 0.05) is 6.54 Å². The summed E-state index contributed by atoms with van der Waals surface area (Å²) in [4.78, 5) is 4.49. The van der Waals surface area contributed by atoms with Gasteiger partial charge in [-0.3, -0.25) is 0 Å². The van der Waals surface area contributed by atoms with Crippen molar-refractivity contribution in [3.05, 3.63) is 65.7 Å². The minimum atomic E-state index is -0.226. The number of hydrogen-bond donors (Lipinski definition) is 1. The highest BCUT2D eigenvalue weighted by Gasteiger charge is 2.09. The first-order chi connectivity index (χ1) is 9.28. The van der Waals surface area contributed by atoms with Crippen molar-refractivity contribution in [2.75, 3.05) is 0 Å². The molecule has 3 nitrogen and oxygen atoms in total. The van der Waals surface area contributed by atoms with Crippen molar-refractivity contribution in [1.29, 1.82) is 0 Å². The lowest BCUT2D eigenvalue weighted by atomic mass is 10.2. The Kier molecular flexibility index (Phi) is 11.2. The van der Waals surface area contributed by atoms with Crippen LogP contribution in [-0.2, 0) is 13.1 Å². The zero-order chi connectivity index (χ0) is 13.2. The van der Waals surface area contributed by atoms with Crippen LogP contribution in [0.25, 0.3) is 11.0 Å². The summed E-state index contributed by atoms with van der Waals surface area (Å²) < 4.78 is 15.3. The molecule has 3 rings (SSSR count). The normalized spacial score (nSPS) is 9.13. The van der Waals surface area contributed by atoms with Gasteiger partial charge in [0.25, 0.3) is 0 Å². The molecule has 2 N–H and O–H groups in total. The molecule has 128 valence electrons. The quantitative estimate of drug-likeness (QED) is 0.709. The van der Waals surface area contributed by atoms with E-state index in [-0.39, 0.29) is 55.4 Å². The predicted molar refractivity (Wildman–Crippen MR) is 102 cm³/mol. The second-order valence-corrected chi connectivity index (χ2v) is 4.44. The first kappa shape index (κ1) is 24.2. The van der Waals surface area contributed by atoms with Gasteiger partial charge in [0.2, 0.25) is 0 Å². The lowest BCUT2D eigenvalue weighted by Crippen LogP contribution is -2.09. The van der Waals surface area contributed by atoms with E-state index in [1.807, 2.05) is 34.9 Å². The van der Waals surface area contributed by atoms with Crippen molar-refractivity contribution in [1.82, 2.24) is 9.55 Å². The Labute approximate surface area is 159 Å². The third-order valence-electron chi connectivity index (χ3n) is 3.15. The number of nitrogens with two attached hydrogens (primary N) is 1. The number of benzene rings is 2. The van der Waals surface area contributed by atoms with Gasteiger partial charge in [-0.1, -0.05) is 24.3 Å². The molecule has 0 unspecified atom stereocenters. The van der Waals surface area contributed by atoms with Crippen molar-refractivity contribution in [3.63, 3.8) is 0 Å². The zero-order valence-electron chi connectivity index (χ0n) is 12.0. The number of rotatable bonds is 3. The molecule has 1 heterocycles. The number of nitrogens with zero attached hydrogens (tertiary/aromatic N) is 2. The van der Waals surface area contributed by atoms with Crippen LogP contribution in [0.3, 0.4) is 0 Å². The van der Waals surface area contributed by atoms with E-state index in [4.69, 9.17) is 5.73 Å². The molecule has 8 heteroatoms. The fraction of sp³-hybridized carbons (Fsp3) is 0.133. The molecule has 0 saturated heterocycles. The first-order valence-corrected chi connectivity index (χ1v) is 6.16. The van der Waals surface area contributed by atoms with E-state index in [2.05, 4.69) is 4.98 Å². The summed E-state index contributed by atoms with van der Waals surface area (Å²) in [5.74, 6) is 0.585. The maximum Gasteiger partial charge on any atom is 0.123 e. The molecular formula is C15H18Cl4FN3. The Morgan fingerprint density at radius 3 is 2.30 bits per heavy atom. The highest BCUT2D eigenvalue weighted by molar-refractivity contribution is 5.86. The van der Waals surface area contributed by atoms with Crippen molar-refractivity contribution in [3.8, 4) is 0 Å². The average Bonchev–Trinajstić information content (AvgIpc) is 2.77. The van der Waals surface area contributed by atoms with Crippen LogP contribution >= 0.6 is 49.6 Å². The lowest BCUT2D eigenvalue weighted by molar-refractivity contribution is 0.623. The van der Waals surface area contributed by atoms with E-state index in [0.29, 0.717) is 13.1 Å². The van der Waals surface area contributed by atoms with Gasteiger partial charge in [0.05, 0.1) is 17.6 Å². The van der Waals surface area contributed by atoms with E-state index in [1.54, 1.807) is 6.07 Å². The maximum atomic E-state index is 13.2. The predicted octanol–water partition coefficient (Wildman–Crippen LogP) is 4.37. The van der Waals surface area contributed by atoms with Crippen LogP contribution in [0.4, 0.5) is 4.39 Å². The molecule has 0 spiro atoms. The topological polar surface area (TPSA) is 43.8 Å². The van der Waals surface area contributed by atoms with Crippen LogP contribution in [-0.4, -0.2) is 9.55 Å². The molecule has 0 aliphatic rings. The fourth-order valence-electron chi connectivity index (χ4n) is 2.28. The monoisotopic (exact) mass is 399 g/mol. The molecule has 0 saturated carbocycles. The van der Waals surface area contributed by atoms with Crippen LogP contribution in [0.1, 0.15) is 11.4 Å². The molecule has 0 radical (unpaired) electrons. The number of para-hydroxylation sites is 2. The average molecular weight is 401 g/mol. The number of fused-ring (bicyclic) bond motifs is 1. The summed E-state index contributed by atoms with van der Waals surface area (Å²) >= 11 is 0. The second-order valence-electron chi connectivity index (χ2n) is 4.44. The van der Waals surface area contributed by atoms with Gasteiger partial charge in [-0.05, 0) is 29.8 Å². The summed E-state index contributed by atoms with van der Waals surface area (Å²) in [6.07, 6.45) is 0. The van der Waals surface area contributed by atoms with Crippen molar-refractivity contribution in [2.24, 2.45) is 5.73 Å². The molecule has 0 bridgehead atoms. The van der Waals surface area contributed by atoms with Gasteiger partial charge in [-0.2, -0.15) is 0 Å². The molecule has 2 aromatic carbocycles. The number of imidazole rings is 1. The Balaban J connectivity index is 0. The standard InChI is InChI=1S/C15H14FN3.4ClH/c16-12-5-3-4-11(8-12)10-19-14-7-2-1-6-13(14)18-15(19)9-17;;;;/h1-8H,9-10,17H2;4*1H. The van der Waals surface area contributed by atoms with E-state index in [1.165, 1.54) is 12.1 Å². The van der Waals surface area contributed by atoms with Crippen LogP contribution in [0.2, 0.25) is 0 Å². The Morgan fingerprint density at radius 1 is 0.957 bits per heavy atom. The molecule has 3 aromatic rings. The second kappa shape index (κ2) is 10.7. The SMILES string of the molecule is Cl.Cl.Cl.Cl.NCc1nc2ccccc2n1Cc1cccc(F)c1. The van der Waals surface area contributed by atoms with E-state index in [9.17, 15) is 4.39 Å². The van der Waals surface area contributed by atoms with Gasteiger partial charge >= 0.3 is 0 Å². The van der Waals surface area contributed by atoms with Crippen LogP contribution in [0.5, 0.6) is 0 Å². The smallest absolute Gasteiger partial charge is 0.123 e. The highest BCUT2D eigenvalue weighted by Crippen LogP contribution is 2.18. The van der Waals surface area contributed by atoms with E-state index < -0.39 is 0 Å². The van der Waals surface area contributed by atoms with Gasteiger partial charge in [-0.25, -0.2) is 9.37 Å². The number of aromatic nitrogens is 2. The third-order valence-corrected chi connectivity index (χ3v) is 3.15.